The van der Waals surface area contributed by atoms with E-state index in [1.54, 1.807) is 0 Å². The van der Waals surface area contributed by atoms with Crippen LogP contribution in [-0.2, 0) is 0 Å². The van der Waals surface area contributed by atoms with Crippen molar-refractivity contribution in [1.82, 2.24) is 9.13 Å². The van der Waals surface area contributed by atoms with Gasteiger partial charge in [0.15, 0.2) is 0 Å². The van der Waals surface area contributed by atoms with E-state index in [0.29, 0.717) is 16.7 Å². The van der Waals surface area contributed by atoms with Gasteiger partial charge < -0.3 is 9.13 Å². The van der Waals surface area contributed by atoms with E-state index in [2.05, 4.69) is 106 Å². The number of nitriles is 3. The lowest BCUT2D eigenvalue weighted by Crippen LogP contribution is -2.01. The second-order valence-corrected chi connectivity index (χ2v) is 12.3. The second-order valence-electron chi connectivity index (χ2n) is 12.3. The molecule has 2 heterocycles. The summed E-state index contributed by atoms with van der Waals surface area (Å²) in [7, 11) is 0. The van der Waals surface area contributed by atoms with Crippen molar-refractivity contribution in [2.75, 3.05) is 0 Å². The van der Waals surface area contributed by atoms with Crippen molar-refractivity contribution in [2.24, 2.45) is 0 Å². The van der Waals surface area contributed by atoms with E-state index in [1.165, 1.54) is 10.8 Å². The fourth-order valence-electron chi connectivity index (χ4n) is 7.41. The number of fused-ring (bicyclic) bond motifs is 6. The Morgan fingerprint density at radius 2 is 0.960 bits per heavy atom. The van der Waals surface area contributed by atoms with Gasteiger partial charge in [-0.2, -0.15) is 15.8 Å². The maximum atomic E-state index is 10.4. The zero-order chi connectivity index (χ0) is 33.8. The van der Waals surface area contributed by atoms with E-state index in [0.717, 1.165) is 66.5 Å². The first-order valence-electron chi connectivity index (χ1n) is 16.3. The summed E-state index contributed by atoms with van der Waals surface area (Å²) in [5.74, 6) is 0. The second kappa shape index (κ2) is 11.4. The molecule has 50 heavy (non-hydrogen) atoms. The molecule has 0 aliphatic rings. The molecule has 7 aromatic carbocycles. The van der Waals surface area contributed by atoms with Gasteiger partial charge in [0.1, 0.15) is 6.07 Å². The summed E-state index contributed by atoms with van der Waals surface area (Å²) < 4.78 is 4.37. The van der Waals surface area contributed by atoms with E-state index >= 15 is 0 Å². The quantitative estimate of drug-likeness (QED) is 0.193. The summed E-state index contributed by atoms with van der Waals surface area (Å²) >= 11 is 0. The number of hydrogen-bond acceptors (Lipinski definition) is 3. The molecular formula is C45H25N5. The average molecular weight is 636 g/mol. The summed E-state index contributed by atoms with van der Waals surface area (Å²) in [5, 5.41) is 34.4. The topological polar surface area (TPSA) is 81.2 Å². The molecule has 2 aromatic heterocycles. The largest absolute Gasteiger partial charge is 0.309 e. The molecule has 0 saturated carbocycles. The Morgan fingerprint density at radius 1 is 0.380 bits per heavy atom. The van der Waals surface area contributed by atoms with Gasteiger partial charge in [0.25, 0.3) is 0 Å². The van der Waals surface area contributed by atoms with Crippen molar-refractivity contribution in [3.63, 3.8) is 0 Å². The number of benzene rings is 7. The molecule has 0 fully saturated rings. The predicted octanol–water partition coefficient (Wildman–Crippen LogP) is 10.8. The summed E-state index contributed by atoms with van der Waals surface area (Å²) in [4.78, 5) is 0. The summed E-state index contributed by atoms with van der Waals surface area (Å²) in [6.07, 6.45) is 0. The van der Waals surface area contributed by atoms with Gasteiger partial charge in [-0.3, -0.25) is 0 Å². The highest BCUT2D eigenvalue weighted by Gasteiger charge is 2.20. The molecule has 5 heteroatoms. The van der Waals surface area contributed by atoms with Gasteiger partial charge in [-0.25, -0.2) is 0 Å². The van der Waals surface area contributed by atoms with E-state index in [-0.39, 0.29) is 0 Å². The Bertz CT molecular complexity index is 2900. The van der Waals surface area contributed by atoms with E-state index in [9.17, 15) is 15.8 Å². The number of hydrogen-bond donors (Lipinski definition) is 0. The van der Waals surface area contributed by atoms with Crippen LogP contribution >= 0.6 is 0 Å². The minimum absolute atomic E-state index is 0.552. The molecule has 9 aromatic rings. The number of aromatic nitrogens is 2. The Kier molecular flexibility index (Phi) is 6.56. The Hall–Kier alpha value is -7.39. The van der Waals surface area contributed by atoms with E-state index in [4.69, 9.17) is 0 Å². The van der Waals surface area contributed by atoms with Gasteiger partial charge in [0.05, 0.1) is 56.6 Å². The molecule has 230 valence electrons. The van der Waals surface area contributed by atoms with Crippen LogP contribution in [0, 0.1) is 34.0 Å². The van der Waals surface area contributed by atoms with Crippen LogP contribution in [0.3, 0.4) is 0 Å². The Morgan fingerprint density at radius 3 is 1.60 bits per heavy atom. The van der Waals surface area contributed by atoms with Crippen molar-refractivity contribution in [3.05, 3.63) is 168 Å². The standard InChI is InChI=1S/C45H25N5/c46-26-29-16-21-44-40(24-29)39-11-3-6-15-43(39)50(44)45-33(28-48)8-7-12-36(45)32-19-17-31(18-20-32)34-22-30(27-47)23-35(25-34)49-41-13-4-1-9-37(41)38-10-2-5-14-42(38)49/h1-25H. The number of rotatable bonds is 4. The smallest absolute Gasteiger partial charge is 0.101 e. The highest BCUT2D eigenvalue weighted by molar-refractivity contribution is 6.11. The maximum Gasteiger partial charge on any atom is 0.101 e. The van der Waals surface area contributed by atoms with Crippen LogP contribution in [0.1, 0.15) is 16.7 Å². The molecule has 9 rings (SSSR count). The number of para-hydroxylation sites is 4. The van der Waals surface area contributed by atoms with Crippen LogP contribution in [0.2, 0.25) is 0 Å². The van der Waals surface area contributed by atoms with Crippen LogP contribution in [0.5, 0.6) is 0 Å². The maximum absolute atomic E-state index is 10.4. The normalized spacial score (nSPS) is 11.1. The summed E-state index contributed by atoms with van der Waals surface area (Å²) in [6.45, 7) is 0. The minimum atomic E-state index is 0.552. The van der Waals surface area contributed by atoms with Crippen molar-refractivity contribution in [2.45, 2.75) is 0 Å². The molecule has 0 radical (unpaired) electrons. The predicted molar refractivity (Wildman–Crippen MR) is 200 cm³/mol. The van der Waals surface area contributed by atoms with Crippen LogP contribution in [-0.4, -0.2) is 9.13 Å². The third-order valence-electron chi connectivity index (χ3n) is 9.60. The van der Waals surface area contributed by atoms with Gasteiger partial charge in [-0.1, -0.05) is 91.0 Å². The molecule has 0 N–H and O–H groups in total. The molecule has 0 amide bonds. The van der Waals surface area contributed by atoms with Crippen LogP contribution < -0.4 is 0 Å². The van der Waals surface area contributed by atoms with Gasteiger partial charge in [0, 0.05) is 32.8 Å². The van der Waals surface area contributed by atoms with Crippen LogP contribution in [0.4, 0.5) is 0 Å². The highest BCUT2D eigenvalue weighted by Crippen LogP contribution is 2.39. The monoisotopic (exact) mass is 635 g/mol. The van der Waals surface area contributed by atoms with Gasteiger partial charge in [-0.15, -0.1) is 0 Å². The molecule has 0 aliphatic carbocycles. The van der Waals surface area contributed by atoms with Crippen LogP contribution in [0.15, 0.2) is 152 Å². The molecule has 0 saturated heterocycles. The highest BCUT2D eigenvalue weighted by atomic mass is 15.0. The lowest BCUT2D eigenvalue weighted by Gasteiger charge is -2.16. The van der Waals surface area contributed by atoms with E-state index in [1.807, 2.05) is 72.8 Å². The zero-order valence-electron chi connectivity index (χ0n) is 26.7. The molecule has 0 atom stereocenters. The lowest BCUT2D eigenvalue weighted by atomic mass is 9.96. The Labute approximate surface area is 287 Å². The first kappa shape index (κ1) is 28.8. The molecule has 0 aliphatic heterocycles. The SMILES string of the molecule is N#Cc1cc(-c2ccc(-c3cccc(C#N)c3-n3c4ccccc4c4cc(C#N)ccc43)cc2)cc(-n2c3ccccc3c3ccccc32)c1. The fraction of sp³-hybridized carbons (Fsp3) is 0. The van der Waals surface area contributed by atoms with Crippen molar-refractivity contribution in [1.29, 1.82) is 15.8 Å². The zero-order valence-corrected chi connectivity index (χ0v) is 26.7. The molecule has 0 bridgehead atoms. The first-order valence-corrected chi connectivity index (χ1v) is 16.3. The molecule has 0 unspecified atom stereocenters. The lowest BCUT2D eigenvalue weighted by molar-refractivity contribution is 1.17. The van der Waals surface area contributed by atoms with Crippen LogP contribution in [0.25, 0.3) is 77.2 Å². The van der Waals surface area contributed by atoms with Gasteiger partial charge in [0.2, 0.25) is 0 Å². The summed E-state index contributed by atoms with van der Waals surface area (Å²) in [5.41, 5.74) is 11.3. The molecular weight excluding hydrogens is 611 g/mol. The van der Waals surface area contributed by atoms with E-state index < -0.39 is 0 Å². The Balaban J connectivity index is 1.20. The van der Waals surface area contributed by atoms with Gasteiger partial charge in [-0.05, 0) is 77.4 Å². The number of nitrogens with zero attached hydrogens (tertiary/aromatic N) is 5. The van der Waals surface area contributed by atoms with Crippen molar-refractivity contribution >= 4 is 43.6 Å². The summed E-state index contributed by atoms with van der Waals surface area (Å²) in [6, 6.07) is 57.8. The fourth-order valence-corrected chi connectivity index (χ4v) is 7.41. The third-order valence-corrected chi connectivity index (χ3v) is 9.60. The van der Waals surface area contributed by atoms with Gasteiger partial charge >= 0.3 is 0 Å². The third kappa shape index (κ3) is 4.38. The molecule has 0 spiro atoms. The first-order chi connectivity index (χ1) is 24.7. The molecule has 5 nitrogen and oxygen atoms in total. The van der Waals surface area contributed by atoms with Crippen molar-refractivity contribution in [3.8, 4) is 51.8 Å². The minimum Gasteiger partial charge on any atom is -0.309 e. The van der Waals surface area contributed by atoms with Crippen molar-refractivity contribution < 1.29 is 0 Å². The average Bonchev–Trinajstić information content (AvgIpc) is 3.70.